The lowest BCUT2D eigenvalue weighted by Crippen LogP contribution is -2.23. The van der Waals surface area contributed by atoms with Crippen molar-refractivity contribution in [3.05, 3.63) is 46.8 Å². The van der Waals surface area contributed by atoms with Gasteiger partial charge in [-0.3, -0.25) is 9.59 Å². The SMILES string of the molecule is CN(C)C(=O)CSc1ccccc1C(=O)OCC(=O)Nc1sccc1C#N. The van der Waals surface area contributed by atoms with Crippen molar-refractivity contribution in [2.24, 2.45) is 0 Å². The zero-order valence-corrected chi connectivity index (χ0v) is 16.4. The van der Waals surface area contributed by atoms with E-state index in [4.69, 9.17) is 10.00 Å². The Kier molecular flexibility index (Phi) is 7.40. The fourth-order valence-electron chi connectivity index (χ4n) is 1.90. The number of esters is 1. The van der Waals surface area contributed by atoms with Gasteiger partial charge >= 0.3 is 5.97 Å². The fourth-order valence-corrected chi connectivity index (χ4v) is 3.67. The average Bonchev–Trinajstić information content (AvgIpc) is 3.11. The zero-order chi connectivity index (χ0) is 19.8. The predicted molar refractivity (Wildman–Crippen MR) is 104 cm³/mol. The van der Waals surface area contributed by atoms with Gasteiger partial charge < -0.3 is 15.0 Å². The smallest absolute Gasteiger partial charge is 0.339 e. The third-order valence-electron chi connectivity index (χ3n) is 3.33. The molecule has 0 saturated carbocycles. The van der Waals surface area contributed by atoms with Crippen LogP contribution in [0.5, 0.6) is 0 Å². The second kappa shape index (κ2) is 9.75. The third-order valence-corrected chi connectivity index (χ3v) is 5.22. The molecule has 0 aliphatic rings. The Morgan fingerprint density at radius 1 is 1.26 bits per heavy atom. The van der Waals surface area contributed by atoms with E-state index >= 15 is 0 Å². The Labute approximate surface area is 164 Å². The van der Waals surface area contributed by atoms with E-state index in [9.17, 15) is 14.4 Å². The highest BCUT2D eigenvalue weighted by molar-refractivity contribution is 8.00. The Morgan fingerprint density at radius 3 is 2.70 bits per heavy atom. The molecule has 0 aliphatic carbocycles. The van der Waals surface area contributed by atoms with Gasteiger partial charge in [0.15, 0.2) is 6.61 Å². The number of ether oxygens (including phenoxy) is 1. The quantitative estimate of drug-likeness (QED) is 0.563. The maximum Gasteiger partial charge on any atom is 0.339 e. The lowest BCUT2D eigenvalue weighted by molar-refractivity contribution is -0.125. The van der Waals surface area contributed by atoms with Crippen LogP contribution in [0, 0.1) is 11.3 Å². The third kappa shape index (κ3) is 5.84. The number of nitrogens with zero attached hydrogens (tertiary/aromatic N) is 2. The maximum atomic E-state index is 12.3. The highest BCUT2D eigenvalue weighted by atomic mass is 32.2. The summed E-state index contributed by atoms with van der Waals surface area (Å²) in [7, 11) is 3.32. The van der Waals surface area contributed by atoms with Crippen LogP contribution in [0.1, 0.15) is 15.9 Å². The van der Waals surface area contributed by atoms with E-state index < -0.39 is 18.5 Å². The molecule has 2 rings (SSSR count). The molecule has 0 saturated heterocycles. The van der Waals surface area contributed by atoms with Gasteiger partial charge in [-0.1, -0.05) is 12.1 Å². The average molecular weight is 403 g/mol. The molecule has 1 aromatic carbocycles. The molecule has 7 nitrogen and oxygen atoms in total. The molecule has 140 valence electrons. The molecule has 0 spiro atoms. The summed E-state index contributed by atoms with van der Waals surface area (Å²) in [5, 5.41) is 13.6. The number of amides is 2. The largest absolute Gasteiger partial charge is 0.452 e. The molecule has 0 radical (unpaired) electrons. The van der Waals surface area contributed by atoms with Crippen LogP contribution in [0.2, 0.25) is 0 Å². The molecule has 0 bridgehead atoms. The van der Waals surface area contributed by atoms with E-state index in [-0.39, 0.29) is 17.2 Å². The molecule has 0 fully saturated rings. The number of rotatable bonds is 7. The first-order valence-electron chi connectivity index (χ1n) is 7.79. The summed E-state index contributed by atoms with van der Waals surface area (Å²) >= 11 is 2.44. The van der Waals surface area contributed by atoms with Gasteiger partial charge in [0.25, 0.3) is 5.91 Å². The maximum absolute atomic E-state index is 12.3. The van der Waals surface area contributed by atoms with Gasteiger partial charge in [0.1, 0.15) is 11.1 Å². The molecule has 9 heteroatoms. The van der Waals surface area contributed by atoms with Gasteiger partial charge in [-0.25, -0.2) is 4.79 Å². The Morgan fingerprint density at radius 2 is 2.00 bits per heavy atom. The lowest BCUT2D eigenvalue weighted by atomic mass is 10.2. The van der Waals surface area contributed by atoms with E-state index in [2.05, 4.69) is 5.32 Å². The zero-order valence-electron chi connectivity index (χ0n) is 14.7. The summed E-state index contributed by atoms with van der Waals surface area (Å²) in [4.78, 5) is 38.1. The number of carbonyl (C=O) groups is 3. The number of nitriles is 1. The molecule has 0 unspecified atom stereocenters. The lowest BCUT2D eigenvalue weighted by Gasteiger charge is -2.12. The first-order chi connectivity index (χ1) is 12.9. The predicted octanol–water partition coefficient (Wildman–Crippen LogP) is 2.60. The van der Waals surface area contributed by atoms with Crippen LogP contribution in [0.15, 0.2) is 40.6 Å². The Balaban J connectivity index is 1.95. The number of nitrogens with one attached hydrogen (secondary N) is 1. The number of carbonyl (C=O) groups excluding carboxylic acids is 3. The van der Waals surface area contributed by atoms with Crippen LogP contribution >= 0.6 is 23.1 Å². The van der Waals surface area contributed by atoms with Crippen LogP contribution in [0.25, 0.3) is 0 Å². The molecule has 2 amide bonds. The molecular weight excluding hydrogens is 386 g/mol. The highest BCUT2D eigenvalue weighted by Gasteiger charge is 2.16. The van der Waals surface area contributed by atoms with Crippen molar-refractivity contribution in [1.29, 1.82) is 5.26 Å². The summed E-state index contributed by atoms with van der Waals surface area (Å²) in [5.41, 5.74) is 0.641. The van der Waals surface area contributed by atoms with Gasteiger partial charge in [0, 0.05) is 19.0 Å². The van der Waals surface area contributed by atoms with Gasteiger partial charge in [-0.15, -0.1) is 23.1 Å². The van der Waals surface area contributed by atoms with Crippen molar-refractivity contribution in [3.8, 4) is 6.07 Å². The summed E-state index contributed by atoms with van der Waals surface area (Å²) in [6, 6.07) is 10.3. The second-order valence-electron chi connectivity index (χ2n) is 5.47. The summed E-state index contributed by atoms with van der Waals surface area (Å²) in [6.45, 7) is -0.475. The number of thiophene rings is 1. The number of thioether (sulfide) groups is 1. The highest BCUT2D eigenvalue weighted by Crippen LogP contribution is 2.24. The van der Waals surface area contributed by atoms with E-state index in [1.165, 1.54) is 28.0 Å². The van der Waals surface area contributed by atoms with Gasteiger partial charge in [0.2, 0.25) is 5.91 Å². The van der Waals surface area contributed by atoms with Crippen LogP contribution in [0.4, 0.5) is 5.00 Å². The van der Waals surface area contributed by atoms with Crippen LogP contribution < -0.4 is 5.32 Å². The summed E-state index contributed by atoms with van der Waals surface area (Å²) in [6.07, 6.45) is 0. The topological polar surface area (TPSA) is 99.5 Å². The monoisotopic (exact) mass is 403 g/mol. The van der Waals surface area contributed by atoms with E-state index in [0.29, 0.717) is 15.5 Å². The Hall–Kier alpha value is -2.83. The molecular formula is C18H17N3O4S2. The summed E-state index contributed by atoms with van der Waals surface area (Å²) < 4.78 is 5.07. The molecule has 27 heavy (non-hydrogen) atoms. The van der Waals surface area contributed by atoms with Gasteiger partial charge in [-0.2, -0.15) is 5.26 Å². The minimum absolute atomic E-state index is 0.0770. The Bertz CT molecular complexity index is 887. The molecule has 1 N–H and O–H groups in total. The second-order valence-corrected chi connectivity index (χ2v) is 7.41. The molecule has 0 atom stereocenters. The summed E-state index contributed by atoms with van der Waals surface area (Å²) in [5.74, 6) is -1.08. The van der Waals surface area contributed by atoms with Crippen molar-refractivity contribution in [1.82, 2.24) is 4.90 Å². The van der Waals surface area contributed by atoms with Crippen molar-refractivity contribution < 1.29 is 19.1 Å². The molecule has 0 aliphatic heterocycles. The van der Waals surface area contributed by atoms with Crippen LogP contribution in [-0.2, 0) is 14.3 Å². The number of hydrogen-bond acceptors (Lipinski definition) is 7. The number of anilines is 1. The van der Waals surface area contributed by atoms with E-state index in [1.54, 1.807) is 49.8 Å². The number of hydrogen-bond donors (Lipinski definition) is 1. The van der Waals surface area contributed by atoms with Gasteiger partial charge in [-0.05, 0) is 23.6 Å². The standard InChI is InChI=1S/C18H17N3O4S2/c1-21(2)16(23)11-27-14-6-4-3-5-13(14)18(24)25-10-15(22)20-17-12(9-19)7-8-26-17/h3-8H,10-11H2,1-2H3,(H,20,22). The van der Waals surface area contributed by atoms with Crippen molar-refractivity contribution in [2.45, 2.75) is 4.90 Å². The van der Waals surface area contributed by atoms with E-state index in [1.807, 2.05) is 6.07 Å². The van der Waals surface area contributed by atoms with E-state index in [0.717, 1.165) is 0 Å². The first-order valence-corrected chi connectivity index (χ1v) is 9.65. The van der Waals surface area contributed by atoms with Crippen molar-refractivity contribution >= 4 is 45.9 Å². The van der Waals surface area contributed by atoms with Crippen molar-refractivity contribution in [3.63, 3.8) is 0 Å². The van der Waals surface area contributed by atoms with Crippen molar-refractivity contribution in [2.75, 3.05) is 31.8 Å². The van der Waals surface area contributed by atoms with Crippen LogP contribution in [0.3, 0.4) is 0 Å². The van der Waals surface area contributed by atoms with Crippen LogP contribution in [-0.4, -0.2) is 49.1 Å². The molecule has 2 aromatic rings. The fraction of sp³-hybridized carbons (Fsp3) is 0.222. The number of benzene rings is 1. The molecule has 1 aromatic heterocycles. The molecule has 1 heterocycles. The minimum Gasteiger partial charge on any atom is -0.452 e. The minimum atomic E-state index is -0.655. The first kappa shape index (κ1) is 20.5. The van der Waals surface area contributed by atoms with Gasteiger partial charge in [0.05, 0.1) is 16.9 Å². The normalized spacial score (nSPS) is 9.96.